The summed E-state index contributed by atoms with van der Waals surface area (Å²) in [5.74, 6) is 0.0623. The van der Waals surface area contributed by atoms with Crippen molar-refractivity contribution in [2.75, 3.05) is 13.2 Å². The van der Waals surface area contributed by atoms with Gasteiger partial charge in [0.25, 0.3) is 0 Å². The van der Waals surface area contributed by atoms with Crippen LogP contribution in [-0.4, -0.2) is 30.1 Å². The van der Waals surface area contributed by atoms with Gasteiger partial charge in [-0.15, -0.1) is 0 Å². The zero-order chi connectivity index (χ0) is 16.5. The number of carbonyl (C=O) groups excluding carboxylic acids is 2. The average Bonchev–Trinajstić information content (AvgIpc) is 2.44. The van der Waals surface area contributed by atoms with Crippen LogP contribution in [-0.2, 0) is 14.3 Å². The Morgan fingerprint density at radius 1 is 1.32 bits per heavy atom. The van der Waals surface area contributed by atoms with Gasteiger partial charge in [-0.3, -0.25) is 4.79 Å². The van der Waals surface area contributed by atoms with E-state index >= 15 is 0 Å². The number of rotatable bonds is 8. The Labute approximate surface area is 130 Å². The molecular weight excluding hydrogens is 284 g/mol. The van der Waals surface area contributed by atoms with E-state index in [4.69, 9.17) is 9.47 Å². The lowest BCUT2D eigenvalue weighted by atomic mass is 10.1. The third-order valence-electron chi connectivity index (χ3n) is 2.77. The van der Waals surface area contributed by atoms with Gasteiger partial charge in [0, 0.05) is 6.08 Å². The topological polar surface area (TPSA) is 72.8 Å². The lowest BCUT2D eigenvalue weighted by Crippen LogP contribution is -2.06. The molecule has 5 nitrogen and oxygen atoms in total. The first-order valence-electron chi connectivity index (χ1n) is 7.18. The second-order valence-corrected chi connectivity index (χ2v) is 5.40. The highest BCUT2D eigenvalue weighted by atomic mass is 16.5. The molecule has 1 N–H and O–H groups in total. The van der Waals surface area contributed by atoms with Crippen molar-refractivity contribution in [2.24, 2.45) is 5.92 Å². The minimum atomic E-state index is -0.417. The van der Waals surface area contributed by atoms with Gasteiger partial charge in [-0.1, -0.05) is 19.9 Å². The number of aromatic hydroxyl groups is 1. The number of Topliss-reactive ketones (excluding diaryl/α,β-unsaturated/α-hetero) is 1. The number of phenolic OH excluding ortho intramolecular Hbond substituents is 1. The summed E-state index contributed by atoms with van der Waals surface area (Å²) in [4.78, 5) is 22.4. The standard InChI is InChI=1S/C17H22O5/c1-12(2)8-9-21-17(20)7-5-14-4-6-15(19)16(10-14)22-11-13(3)18/h4-7,10,12,19H,8-9,11H2,1-3H3/b7-5+. The molecular formula is C17H22O5. The molecule has 5 heteroatoms. The normalized spacial score (nSPS) is 10.9. The summed E-state index contributed by atoms with van der Waals surface area (Å²) in [5, 5.41) is 9.64. The molecule has 0 heterocycles. The maximum atomic E-state index is 11.5. The van der Waals surface area contributed by atoms with E-state index in [2.05, 4.69) is 13.8 Å². The minimum Gasteiger partial charge on any atom is -0.504 e. The summed E-state index contributed by atoms with van der Waals surface area (Å²) in [6, 6.07) is 4.63. The van der Waals surface area contributed by atoms with Gasteiger partial charge in [0.15, 0.2) is 17.3 Å². The van der Waals surface area contributed by atoms with E-state index in [1.54, 1.807) is 18.2 Å². The Morgan fingerprint density at radius 2 is 2.05 bits per heavy atom. The van der Waals surface area contributed by atoms with Gasteiger partial charge >= 0.3 is 5.97 Å². The first kappa shape index (κ1) is 17.8. The number of ketones is 1. The molecule has 0 fully saturated rings. The number of hydrogen-bond donors (Lipinski definition) is 1. The number of esters is 1. The van der Waals surface area contributed by atoms with E-state index in [1.807, 2.05) is 0 Å². The molecule has 1 aromatic carbocycles. The van der Waals surface area contributed by atoms with Crippen LogP contribution in [0.15, 0.2) is 24.3 Å². The summed E-state index contributed by atoms with van der Waals surface area (Å²) in [7, 11) is 0. The molecule has 0 bridgehead atoms. The highest BCUT2D eigenvalue weighted by molar-refractivity contribution is 5.87. The fourth-order valence-electron chi connectivity index (χ4n) is 1.54. The molecule has 0 aliphatic heterocycles. The molecule has 0 radical (unpaired) electrons. The van der Waals surface area contributed by atoms with Crippen LogP contribution in [0.4, 0.5) is 0 Å². The molecule has 1 aromatic rings. The molecule has 0 atom stereocenters. The predicted molar refractivity (Wildman–Crippen MR) is 83.7 cm³/mol. The van der Waals surface area contributed by atoms with Crippen molar-refractivity contribution in [1.29, 1.82) is 0 Å². The van der Waals surface area contributed by atoms with Crippen LogP contribution < -0.4 is 4.74 Å². The van der Waals surface area contributed by atoms with Crippen molar-refractivity contribution < 1.29 is 24.2 Å². The second-order valence-electron chi connectivity index (χ2n) is 5.40. The lowest BCUT2D eigenvalue weighted by molar-refractivity contribution is -0.138. The zero-order valence-electron chi connectivity index (χ0n) is 13.2. The van der Waals surface area contributed by atoms with Crippen LogP contribution in [0.5, 0.6) is 11.5 Å². The molecule has 0 saturated heterocycles. The number of carbonyl (C=O) groups is 2. The van der Waals surface area contributed by atoms with Gasteiger partial charge in [0.2, 0.25) is 0 Å². The molecule has 120 valence electrons. The summed E-state index contributed by atoms with van der Waals surface area (Å²) < 4.78 is 10.2. The highest BCUT2D eigenvalue weighted by Crippen LogP contribution is 2.27. The smallest absolute Gasteiger partial charge is 0.330 e. The SMILES string of the molecule is CC(=O)COc1cc(/C=C/C(=O)OCCC(C)C)ccc1O. The molecule has 0 saturated carbocycles. The quantitative estimate of drug-likeness (QED) is 0.590. The molecule has 0 aliphatic rings. The van der Waals surface area contributed by atoms with Gasteiger partial charge in [0.1, 0.15) is 6.61 Å². The van der Waals surface area contributed by atoms with Crippen molar-refractivity contribution >= 4 is 17.8 Å². The molecule has 0 aliphatic carbocycles. The van der Waals surface area contributed by atoms with Crippen LogP contribution in [0.3, 0.4) is 0 Å². The van der Waals surface area contributed by atoms with E-state index in [0.717, 1.165) is 6.42 Å². The van der Waals surface area contributed by atoms with Crippen molar-refractivity contribution in [3.8, 4) is 11.5 Å². The third-order valence-corrected chi connectivity index (χ3v) is 2.77. The minimum absolute atomic E-state index is 0.0575. The lowest BCUT2D eigenvalue weighted by Gasteiger charge is -2.07. The molecule has 0 amide bonds. The molecule has 22 heavy (non-hydrogen) atoms. The van der Waals surface area contributed by atoms with Crippen LogP contribution in [0.25, 0.3) is 6.08 Å². The van der Waals surface area contributed by atoms with Gasteiger partial charge in [-0.2, -0.15) is 0 Å². The van der Waals surface area contributed by atoms with E-state index in [1.165, 1.54) is 19.1 Å². The Kier molecular flexibility index (Phi) is 7.16. The predicted octanol–water partition coefficient (Wildman–Crippen LogP) is 2.96. The van der Waals surface area contributed by atoms with Gasteiger partial charge < -0.3 is 14.6 Å². The Morgan fingerprint density at radius 3 is 2.68 bits per heavy atom. The maximum Gasteiger partial charge on any atom is 0.330 e. The number of phenols is 1. The van der Waals surface area contributed by atoms with Crippen molar-refractivity contribution in [2.45, 2.75) is 27.2 Å². The van der Waals surface area contributed by atoms with E-state index < -0.39 is 5.97 Å². The van der Waals surface area contributed by atoms with Crippen molar-refractivity contribution in [1.82, 2.24) is 0 Å². The van der Waals surface area contributed by atoms with Crippen LogP contribution in [0.1, 0.15) is 32.8 Å². The number of ether oxygens (including phenoxy) is 2. The summed E-state index contributed by atoms with van der Waals surface area (Å²) in [6.45, 7) is 5.79. The van der Waals surface area contributed by atoms with Gasteiger partial charge in [0.05, 0.1) is 6.61 Å². The number of hydrogen-bond acceptors (Lipinski definition) is 5. The fraction of sp³-hybridized carbons (Fsp3) is 0.412. The first-order valence-corrected chi connectivity index (χ1v) is 7.18. The van der Waals surface area contributed by atoms with E-state index in [-0.39, 0.29) is 23.9 Å². The zero-order valence-corrected chi connectivity index (χ0v) is 13.2. The average molecular weight is 306 g/mol. The van der Waals surface area contributed by atoms with Crippen molar-refractivity contribution in [3.05, 3.63) is 29.8 Å². The van der Waals surface area contributed by atoms with Crippen molar-refractivity contribution in [3.63, 3.8) is 0 Å². The van der Waals surface area contributed by atoms with E-state index in [0.29, 0.717) is 18.1 Å². The monoisotopic (exact) mass is 306 g/mol. The Balaban J connectivity index is 2.61. The molecule has 1 rings (SSSR count). The van der Waals surface area contributed by atoms with Crippen LogP contribution >= 0.6 is 0 Å². The largest absolute Gasteiger partial charge is 0.504 e. The van der Waals surface area contributed by atoms with Crippen LogP contribution in [0, 0.1) is 5.92 Å². The Bertz CT molecular complexity index is 546. The first-order chi connectivity index (χ1) is 10.4. The molecule has 0 aromatic heterocycles. The summed E-state index contributed by atoms with van der Waals surface area (Å²) >= 11 is 0. The van der Waals surface area contributed by atoms with Gasteiger partial charge in [-0.25, -0.2) is 4.79 Å². The van der Waals surface area contributed by atoms with E-state index in [9.17, 15) is 14.7 Å². The summed E-state index contributed by atoms with van der Waals surface area (Å²) in [6.07, 6.45) is 3.71. The maximum absolute atomic E-state index is 11.5. The number of benzene rings is 1. The molecule has 0 unspecified atom stereocenters. The molecule has 0 spiro atoms. The van der Waals surface area contributed by atoms with Crippen LogP contribution in [0.2, 0.25) is 0 Å². The fourth-order valence-corrected chi connectivity index (χ4v) is 1.54. The Hall–Kier alpha value is -2.30. The summed E-state index contributed by atoms with van der Waals surface area (Å²) in [5.41, 5.74) is 0.664. The third kappa shape index (κ3) is 6.92. The second kappa shape index (κ2) is 8.87. The highest BCUT2D eigenvalue weighted by Gasteiger charge is 2.05. The van der Waals surface area contributed by atoms with Gasteiger partial charge in [-0.05, 0) is 43.0 Å².